The third-order valence-electron chi connectivity index (χ3n) is 2.22. The molecule has 1 aromatic heterocycles. The van der Waals surface area contributed by atoms with Crippen LogP contribution in [0.2, 0.25) is 0 Å². The lowest BCUT2D eigenvalue weighted by Crippen LogP contribution is -2.17. The van der Waals surface area contributed by atoms with E-state index in [0.29, 0.717) is 19.6 Å². The Morgan fingerprint density at radius 2 is 2.44 bits per heavy atom. The smallest absolute Gasteiger partial charge is 0.331 e. The molecule has 0 aromatic carbocycles. The van der Waals surface area contributed by atoms with E-state index in [0.717, 1.165) is 0 Å². The van der Waals surface area contributed by atoms with E-state index in [1.807, 2.05) is 0 Å². The highest BCUT2D eigenvalue weighted by Gasteiger charge is 2.23. The van der Waals surface area contributed by atoms with Crippen LogP contribution in [0.1, 0.15) is 6.42 Å². The number of nitro groups is 1. The van der Waals surface area contributed by atoms with Crippen LogP contribution in [0.15, 0.2) is 12.1 Å². The Morgan fingerprint density at radius 3 is 3.06 bits per heavy atom. The second-order valence-corrected chi connectivity index (χ2v) is 3.42. The quantitative estimate of drug-likeness (QED) is 0.601. The average Bonchev–Trinajstić information content (AvgIpc) is 2.70. The van der Waals surface area contributed by atoms with E-state index in [2.05, 4.69) is 4.98 Å². The number of nitrogen functional groups attached to an aromatic ring is 1. The van der Waals surface area contributed by atoms with Crippen molar-refractivity contribution in [3.63, 3.8) is 0 Å². The minimum absolute atomic E-state index is 0.0412. The Bertz CT molecular complexity index is 404. The summed E-state index contributed by atoms with van der Waals surface area (Å²) in [5, 5.41) is 10.7. The molecule has 1 aliphatic heterocycles. The van der Waals surface area contributed by atoms with Crippen LogP contribution in [0.3, 0.4) is 0 Å². The van der Waals surface area contributed by atoms with Crippen molar-refractivity contribution in [1.29, 1.82) is 0 Å². The maximum absolute atomic E-state index is 10.7. The highest BCUT2D eigenvalue weighted by Crippen LogP contribution is 2.27. The molecule has 0 spiro atoms. The van der Waals surface area contributed by atoms with Crippen molar-refractivity contribution >= 4 is 11.5 Å². The van der Waals surface area contributed by atoms with Crippen LogP contribution >= 0.6 is 0 Å². The zero-order valence-electron chi connectivity index (χ0n) is 8.46. The van der Waals surface area contributed by atoms with Crippen molar-refractivity contribution in [2.75, 3.05) is 18.9 Å². The van der Waals surface area contributed by atoms with Crippen molar-refractivity contribution in [2.45, 2.75) is 12.5 Å². The van der Waals surface area contributed by atoms with Gasteiger partial charge in [0.1, 0.15) is 11.9 Å². The third-order valence-corrected chi connectivity index (χ3v) is 2.22. The number of ether oxygens (including phenoxy) is 2. The number of pyridine rings is 1. The molecule has 1 atom stereocenters. The standard InChI is InChI=1S/C9H11N3O4/c10-8-2-1-7(12(13)14)9(11-8)16-6-3-4-15-5-6/h1-2,6H,3-5H2,(H2,10,11). The molecule has 2 N–H and O–H groups in total. The molecule has 16 heavy (non-hydrogen) atoms. The minimum Gasteiger partial charge on any atom is -0.467 e. The number of rotatable bonds is 3. The van der Waals surface area contributed by atoms with Gasteiger partial charge < -0.3 is 15.2 Å². The predicted molar refractivity (Wildman–Crippen MR) is 55.2 cm³/mol. The fourth-order valence-corrected chi connectivity index (χ4v) is 1.44. The van der Waals surface area contributed by atoms with Gasteiger partial charge in [-0.1, -0.05) is 0 Å². The van der Waals surface area contributed by atoms with Gasteiger partial charge in [-0.3, -0.25) is 10.1 Å². The van der Waals surface area contributed by atoms with Crippen molar-refractivity contribution in [3.8, 4) is 5.88 Å². The van der Waals surface area contributed by atoms with Gasteiger partial charge in [0.05, 0.1) is 18.1 Å². The summed E-state index contributed by atoms with van der Waals surface area (Å²) in [6.45, 7) is 1.02. The first-order chi connectivity index (χ1) is 7.66. The molecule has 2 heterocycles. The van der Waals surface area contributed by atoms with Gasteiger partial charge in [-0.2, -0.15) is 4.98 Å². The van der Waals surface area contributed by atoms with Gasteiger partial charge in [-0.05, 0) is 6.07 Å². The van der Waals surface area contributed by atoms with Crippen LogP contribution in [0.25, 0.3) is 0 Å². The second kappa shape index (κ2) is 4.31. The molecule has 1 aromatic rings. The lowest BCUT2D eigenvalue weighted by molar-refractivity contribution is -0.386. The topological polar surface area (TPSA) is 101 Å². The molecule has 7 nitrogen and oxygen atoms in total. The summed E-state index contributed by atoms with van der Waals surface area (Å²) in [4.78, 5) is 14.0. The Hall–Kier alpha value is -1.89. The molecule has 1 aliphatic rings. The Balaban J connectivity index is 2.22. The van der Waals surface area contributed by atoms with Crippen LogP contribution in [0.4, 0.5) is 11.5 Å². The lowest BCUT2D eigenvalue weighted by Gasteiger charge is -2.10. The maximum atomic E-state index is 10.7. The molecule has 0 amide bonds. The first-order valence-corrected chi connectivity index (χ1v) is 4.82. The normalized spacial score (nSPS) is 19.6. The van der Waals surface area contributed by atoms with Gasteiger partial charge in [-0.25, -0.2) is 0 Å². The lowest BCUT2D eigenvalue weighted by atomic mass is 10.3. The molecule has 0 radical (unpaired) electrons. The molecule has 2 rings (SSSR count). The monoisotopic (exact) mass is 225 g/mol. The first kappa shape index (κ1) is 10.6. The summed E-state index contributed by atoms with van der Waals surface area (Å²) in [5.41, 5.74) is 5.28. The van der Waals surface area contributed by atoms with Crippen LogP contribution < -0.4 is 10.5 Å². The Kier molecular flexibility index (Phi) is 2.86. The van der Waals surface area contributed by atoms with Gasteiger partial charge in [-0.15, -0.1) is 0 Å². The molecule has 0 saturated carbocycles. The van der Waals surface area contributed by atoms with Gasteiger partial charge in [0.2, 0.25) is 0 Å². The van der Waals surface area contributed by atoms with Gasteiger partial charge in [0.25, 0.3) is 5.88 Å². The number of nitrogens with zero attached hydrogens (tertiary/aromatic N) is 2. The van der Waals surface area contributed by atoms with E-state index in [9.17, 15) is 10.1 Å². The van der Waals surface area contributed by atoms with E-state index in [4.69, 9.17) is 15.2 Å². The summed E-state index contributed by atoms with van der Waals surface area (Å²) in [6.07, 6.45) is 0.515. The predicted octanol–water partition coefficient (Wildman–Crippen LogP) is 0.740. The van der Waals surface area contributed by atoms with E-state index in [1.165, 1.54) is 12.1 Å². The highest BCUT2D eigenvalue weighted by atomic mass is 16.6. The zero-order chi connectivity index (χ0) is 11.5. The van der Waals surface area contributed by atoms with Crippen molar-refractivity contribution < 1.29 is 14.4 Å². The zero-order valence-corrected chi connectivity index (χ0v) is 8.46. The summed E-state index contributed by atoms with van der Waals surface area (Å²) >= 11 is 0. The number of nitrogens with two attached hydrogens (primary N) is 1. The fraction of sp³-hybridized carbons (Fsp3) is 0.444. The van der Waals surface area contributed by atoms with E-state index >= 15 is 0 Å². The molecule has 0 aliphatic carbocycles. The molecule has 1 fully saturated rings. The first-order valence-electron chi connectivity index (χ1n) is 4.82. The molecule has 1 saturated heterocycles. The van der Waals surface area contributed by atoms with E-state index in [-0.39, 0.29) is 23.5 Å². The molecular formula is C9H11N3O4. The fourth-order valence-electron chi connectivity index (χ4n) is 1.44. The molecule has 1 unspecified atom stereocenters. The second-order valence-electron chi connectivity index (χ2n) is 3.42. The average molecular weight is 225 g/mol. The van der Waals surface area contributed by atoms with Crippen LogP contribution in [-0.4, -0.2) is 29.2 Å². The van der Waals surface area contributed by atoms with Crippen molar-refractivity contribution in [2.24, 2.45) is 0 Å². The summed E-state index contributed by atoms with van der Waals surface area (Å²) in [6, 6.07) is 2.66. The number of hydrogen-bond acceptors (Lipinski definition) is 6. The van der Waals surface area contributed by atoms with Gasteiger partial charge in [0.15, 0.2) is 0 Å². The highest BCUT2D eigenvalue weighted by molar-refractivity contribution is 5.47. The van der Waals surface area contributed by atoms with Crippen LogP contribution in [-0.2, 0) is 4.74 Å². The number of anilines is 1. The van der Waals surface area contributed by atoms with Crippen molar-refractivity contribution in [1.82, 2.24) is 4.98 Å². The van der Waals surface area contributed by atoms with Crippen LogP contribution in [0.5, 0.6) is 5.88 Å². The minimum atomic E-state index is -0.544. The molecular weight excluding hydrogens is 214 g/mol. The van der Waals surface area contributed by atoms with E-state index < -0.39 is 4.92 Å². The summed E-state index contributed by atoms with van der Waals surface area (Å²) in [5.74, 6) is 0.153. The Labute approximate surface area is 91.3 Å². The summed E-state index contributed by atoms with van der Waals surface area (Å²) in [7, 11) is 0. The number of hydrogen-bond donors (Lipinski definition) is 1. The van der Waals surface area contributed by atoms with Gasteiger partial charge in [0, 0.05) is 12.5 Å². The van der Waals surface area contributed by atoms with Gasteiger partial charge >= 0.3 is 5.69 Å². The van der Waals surface area contributed by atoms with E-state index in [1.54, 1.807) is 0 Å². The largest absolute Gasteiger partial charge is 0.467 e. The number of aromatic nitrogens is 1. The Morgan fingerprint density at radius 1 is 1.62 bits per heavy atom. The molecule has 86 valence electrons. The molecule has 0 bridgehead atoms. The third kappa shape index (κ3) is 2.19. The summed E-state index contributed by atoms with van der Waals surface area (Å²) < 4.78 is 10.5. The van der Waals surface area contributed by atoms with Crippen molar-refractivity contribution in [3.05, 3.63) is 22.2 Å². The molecule has 7 heteroatoms. The van der Waals surface area contributed by atoms with Crippen LogP contribution in [0, 0.1) is 10.1 Å². The maximum Gasteiger partial charge on any atom is 0.331 e. The SMILES string of the molecule is Nc1ccc([N+](=O)[O-])c(OC2CCOC2)n1.